The molecule has 0 radical (unpaired) electrons. The van der Waals surface area contributed by atoms with Gasteiger partial charge in [-0.15, -0.1) is 0 Å². The summed E-state index contributed by atoms with van der Waals surface area (Å²) in [5, 5.41) is 9.52. The number of carbonyl (C=O) groups is 2. The van der Waals surface area contributed by atoms with E-state index in [1.165, 1.54) is 0 Å². The second kappa shape index (κ2) is 7.76. The molecule has 1 aliphatic heterocycles. The highest BCUT2D eigenvalue weighted by Gasteiger charge is 2.29. The number of aryl methyl sites for hydroxylation is 1. The van der Waals surface area contributed by atoms with Crippen LogP contribution in [0.5, 0.6) is 0 Å². The number of benzene rings is 1. The van der Waals surface area contributed by atoms with Crippen molar-refractivity contribution in [1.29, 1.82) is 0 Å². The van der Waals surface area contributed by atoms with Crippen LogP contribution in [0.1, 0.15) is 37.8 Å². The van der Waals surface area contributed by atoms with E-state index in [0.717, 1.165) is 16.8 Å². The number of oxime groups is 1. The fraction of sp³-hybridized carbons (Fsp3) is 0.471. The highest BCUT2D eigenvalue weighted by Crippen LogP contribution is 2.19. The summed E-state index contributed by atoms with van der Waals surface area (Å²) >= 11 is 0. The van der Waals surface area contributed by atoms with Gasteiger partial charge < -0.3 is 15.5 Å². The van der Waals surface area contributed by atoms with Crippen LogP contribution in [0, 0.1) is 6.92 Å². The van der Waals surface area contributed by atoms with E-state index in [4.69, 9.17) is 4.84 Å². The molecule has 1 aromatic rings. The number of nitrogens with one attached hydrogen (secondary N) is 2. The second-order valence-electron chi connectivity index (χ2n) is 5.91. The van der Waals surface area contributed by atoms with Crippen LogP contribution in [0.4, 0.5) is 0 Å². The van der Waals surface area contributed by atoms with Gasteiger partial charge in [0, 0.05) is 31.0 Å². The van der Waals surface area contributed by atoms with Crippen molar-refractivity contribution in [2.75, 3.05) is 6.54 Å². The molecule has 1 unspecified atom stereocenters. The van der Waals surface area contributed by atoms with E-state index >= 15 is 0 Å². The summed E-state index contributed by atoms with van der Waals surface area (Å²) in [5.74, 6) is -0.320. The van der Waals surface area contributed by atoms with Crippen LogP contribution in [-0.4, -0.2) is 36.2 Å². The first-order chi connectivity index (χ1) is 11.0. The number of nitrogens with zero attached hydrogens (tertiary/aromatic N) is 1. The molecule has 1 aromatic carbocycles. The van der Waals surface area contributed by atoms with E-state index in [-0.39, 0.29) is 30.8 Å². The molecule has 0 spiro atoms. The average molecular weight is 317 g/mol. The average Bonchev–Trinajstić information content (AvgIpc) is 2.96. The van der Waals surface area contributed by atoms with Crippen LogP contribution in [0.15, 0.2) is 29.4 Å². The van der Waals surface area contributed by atoms with Crippen molar-refractivity contribution < 1.29 is 14.4 Å². The Balaban J connectivity index is 1.78. The zero-order chi connectivity index (χ0) is 16.8. The molecule has 0 saturated carbocycles. The number of carbonyl (C=O) groups excluding carboxylic acids is 2. The van der Waals surface area contributed by atoms with E-state index in [9.17, 15) is 9.59 Å². The Morgan fingerprint density at radius 2 is 2.09 bits per heavy atom. The standard InChI is InChI=1S/C17H23N3O3/c1-11(2)19-16(21)8-9-18-17(22)15-10-14(20-23-15)13-7-5-4-6-12(13)3/h4-7,11,15H,8-10H2,1-3H3,(H,18,22)(H,19,21). The predicted octanol–water partition coefficient (Wildman–Crippen LogP) is 1.52. The van der Waals surface area contributed by atoms with Gasteiger partial charge >= 0.3 is 0 Å². The maximum absolute atomic E-state index is 12.1. The van der Waals surface area contributed by atoms with Crippen LogP contribution < -0.4 is 10.6 Å². The van der Waals surface area contributed by atoms with Crippen molar-refractivity contribution in [1.82, 2.24) is 10.6 Å². The minimum atomic E-state index is -0.627. The van der Waals surface area contributed by atoms with Gasteiger partial charge in [0.15, 0.2) is 0 Å². The Kier molecular flexibility index (Phi) is 5.73. The monoisotopic (exact) mass is 317 g/mol. The van der Waals surface area contributed by atoms with E-state index in [2.05, 4.69) is 15.8 Å². The quantitative estimate of drug-likeness (QED) is 0.835. The molecule has 2 rings (SSSR count). The second-order valence-corrected chi connectivity index (χ2v) is 5.91. The van der Waals surface area contributed by atoms with Gasteiger partial charge in [-0.2, -0.15) is 0 Å². The van der Waals surface area contributed by atoms with Gasteiger partial charge in [-0.3, -0.25) is 9.59 Å². The fourth-order valence-electron chi connectivity index (χ4n) is 2.38. The molecule has 1 aliphatic rings. The van der Waals surface area contributed by atoms with Gasteiger partial charge in [-0.05, 0) is 26.3 Å². The first-order valence-corrected chi connectivity index (χ1v) is 7.83. The van der Waals surface area contributed by atoms with Crippen molar-refractivity contribution in [2.24, 2.45) is 5.16 Å². The number of hydrogen-bond acceptors (Lipinski definition) is 4. The molecule has 124 valence electrons. The number of rotatable bonds is 6. The van der Waals surface area contributed by atoms with Crippen molar-refractivity contribution in [3.05, 3.63) is 35.4 Å². The topological polar surface area (TPSA) is 79.8 Å². The molecule has 0 bridgehead atoms. The largest absolute Gasteiger partial charge is 0.382 e. The minimum absolute atomic E-state index is 0.0792. The maximum Gasteiger partial charge on any atom is 0.264 e. The summed E-state index contributed by atoms with van der Waals surface area (Å²) in [4.78, 5) is 28.8. The minimum Gasteiger partial charge on any atom is -0.382 e. The SMILES string of the molecule is Cc1ccccc1C1=NOC(C(=O)NCCC(=O)NC(C)C)C1. The summed E-state index contributed by atoms with van der Waals surface area (Å²) < 4.78 is 0. The lowest BCUT2D eigenvalue weighted by molar-refractivity contribution is -0.131. The Morgan fingerprint density at radius 3 is 2.78 bits per heavy atom. The lowest BCUT2D eigenvalue weighted by Crippen LogP contribution is -2.38. The van der Waals surface area contributed by atoms with E-state index in [1.54, 1.807) is 0 Å². The molecule has 0 saturated heterocycles. The molecule has 0 aliphatic carbocycles. The molecular formula is C17H23N3O3. The van der Waals surface area contributed by atoms with Crippen LogP contribution in [0.25, 0.3) is 0 Å². The van der Waals surface area contributed by atoms with Gasteiger partial charge in [-0.1, -0.05) is 29.4 Å². The van der Waals surface area contributed by atoms with Crippen molar-refractivity contribution >= 4 is 17.5 Å². The van der Waals surface area contributed by atoms with Crippen molar-refractivity contribution in [2.45, 2.75) is 45.8 Å². The van der Waals surface area contributed by atoms with Gasteiger partial charge in [0.25, 0.3) is 5.91 Å². The van der Waals surface area contributed by atoms with E-state index in [1.807, 2.05) is 45.0 Å². The molecule has 2 N–H and O–H groups in total. The molecule has 1 heterocycles. The van der Waals surface area contributed by atoms with E-state index in [0.29, 0.717) is 6.42 Å². The lowest BCUT2D eigenvalue weighted by Gasteiger charge is -2.11. The van der Waals surface area contributed by atoms with Gasteiger partial charge in [0.1, 0.15) is 0 Å². The third kappa shape index (κ3) is 4.81. The van der Waals surface area contributed by atoms with Gasteiger partial charge in [0.2, 0.25) is 12.0 Å². The molecule has 6 nitrogen and oxygen atoms in total. The Labute approximate surface area is 136 Å². The molecular weight excluding hydrogens is 294 g/mol. The molecule has 1 atom stereocenters. The zero-order valence-electron chi connectivity index (χ0n) is 13.8. The first kappa shape index (κ1) is 17.0. The number of hydrogen-bond donors (Lipinski definition) is 2. The van der Waals surface area contributed by atoms with E-state index < -0.39 is 6.10 Å². The van der Waals surface area contributed by atoms with Crippen LogP contribution in [0.3, 0.4) is 0 Å². The van der Waals surface area contributed by atoms with Crippen molar-refractivity contribution in [3.8, 4) is 0 Å². The third-order valence-corrected chi connectivity index (χ3v) is 3.52. The summed E-state index contributed by atoms with van der Waals surface area (Å²) in [7, 11) is 0. The normalized spacial score (nSPS) is 16.7. The van der Waals surface area contributed by atoms with Gasteiger partial charge in [0.05, 0.1) is 5.71 Å². The summed E-state index contributed by atoms with van der Waals surface area (Å²) in [6, 6.07) is 7.96. The molecule has 6 heteroatoms. The van der Waals surface area contributed by atoms with Crippen LogP contribution >= 0.6 is 0 Å². The Morgan fingerprint density at radius 1 is 1.35 bits per heavy atom. The predicted molar refractivity (Wildman–Crippen MR) is 88.1 cm³/mol. The van der Waals surface area contributed by atoms with Crippen LogP contribution in [0.2, 0.25) is 0 Å². The molecule has 23 heavy (non-hydrogen) atoms. The smallest absolute Gasteiger partial charge is 0.264 e. The van der Waals surface area contributed by atoms with Crippen molar-refractivity contribution in [3.63, 3.8) is 0 Å². The first-order valence-electron chi connectivity index (χ1n) is 7.83. The lowest BCUT2D eigenvalue weighted by atomic mass is 10.0. The molecule has 2 amide bonds. The highest BCUT2D eigenvalue weighted by molar-refractivity contribution is 6.05. The number of amides is 2. The summed E-state index contributed by atoms with van der Waals surface area (Å²) in [6.07, 6.45) is 0.0644. The molecule has 0 aromatic heterocycles. The Bertz CT molecular complexity index is 611. The van der Waals surface area contributed by atoms with Gasteiger partial charge in [-0.25, -0.2) is 0 Å². The summed E-state index contributed by atoms with van der Waals surface area (Å²) in [6.45, 7) is 6.08. The maximum atomic E-state index is 12.1. The van der Waals surface area contributed by atoms with Crippen LogP contribution in [-0.2, 0) is 14.4 Å². The zero-order valence-corrected chi connectivity index (χ0v) is 13.8. The highest BCUT2D eigenvalue weighted by atomic mass is 16.6. The molecule has 0 fully saturated rings. The summed E-state index contributed by atoms with van der Waals surface area (Å²) in [5.41, 5.74) is 2.88. The Hall–Kier alpha value is -2.37. The third-order valence-electron chi connectivity index (χ3n) is 3.52. The fourth-order valence-corrected chi connectivity index (χ4v) is 2.38.